The van der Waals surface area contributed by atoms with E-state index in [0.717, 1.165) is 56.0 Å². The van der Waals surface area contributed by atoms with Crippen molar-refractivity contribution in [1.82, 2.24) is 19.7 Å². The minimum Gasteiger partial charge on any atom is -0.454 e. The molecule has 1 unspecified atom stereocenters. The lowest BCUT2D eigenvalue weighted by molar-refractivity contribution is 0.0681. The average molecular weight is 474 g/mol. The Morgan fingerprint density at radius 2 is 1.94 bits per heavy atom. The minimum atomic E-state index is -1.02. The average Bonchev–Trinajstić information content (AvgIpc) is 3.66. The zero-order valence-electron chi connectivity index (χ0n) is 19.8. The molecule has 182 valence electrons. The molecule has 0 bridgehead atoms. The van der Waals surface area contributed by atoms with Gasteiger partial charge in [-0.15, -0.1) is 0 Å². The molecule has 3 aliphatic rings. The van der Waals surface area contributed by atoms with Crippen LogP contribution in [-0.2, 0) is 10.3 Å². The Kier molecular flexibility index (Phi) is 6.00. The van der Waals surface area contributed by atoms with E-state index in [0.29, 0.717) is 35.6 Å². The number of nitrogens with zero attached hydrogens (tertiary/aromatic N) is 4. The van der Waals surface area contributed by atoms with E-state index in [4.69, 9.17) is 14.6 Å². The first-order chi connectivity index (χ1) is 17.2. The highest BCUT2D eigenvalue weighted by Crippen LogP contribution is 2.40. The van der Waals surface area contributed by atoms with Gasteiger partial charge >= 0.3 is 0 Å². The van der Waals surface area contributed by atoms with Crippen molar-refractivity contribution in [2.45, 2.75) is 62.5 Å². The first-order valence-corrected chi connectivity index (χ1v) is 12.6. The molecule has 1 saturated heterocycles. The summed E-state index contributed by atoms with van der Waals surface area (Å²) >= 11 is 0. The van der Waals surface area contributed by atoms with Gasteiger partial charge in [-0.2, -0.15) is 5.10 Å². The summed E-state index contributed by atoms with van der Waals surface area (Å²) in [4.78, 5) is 8.89. The van der Waals surface area contributed by atoms with Crippen molar-refractivity contribution in [3.8, 4) is 11.5 Å². The van der Waals surface area contributed by atoms with Gasteiger partial charge in [0.1, 0.15) is 22.9 Å². The number of allylic oxidation sites excluding steroid dienone is 1. The molecule has 2 aliphatic carbocycles. The molecular formula is C27H31N5O3. The van der Waals surface area contributed by atoms with Gasteiger partial charge in [-0.3, -0.25) is 9.67 Å². The van der Waals surface area contributed by atoms with E-state index in [2.05, 4.69) is 20.0 Å². The number of aliphatic hydroxyl groups is 1. The molecule has 1 saturated carbocycles. The van der Waals surface area contributed by atoms with Gasteiger partial charge in [0.2, 0.25) is 0 Å². The van der Waals surface area contributed by atoms with Gasteiger partial charge in [0.15, 0.2) is 5.75 Å². The predicted molar refractivity (Wildman–Crippen MR) is 132 cm³/mol. The molecule has 8 heteroatoms. The van der Waals surface area contributed by atoms with Gasteiger partial charge in [0.05, 0.1) is 17.9 Å². The van der Waals surface area contributed by atoms with Crippen molar-refractivity contribution < 1.29 is 14.6 Å². The molecule has 2 fully saturated rings. The fraction of sp³-hybridized carbons (Fsp3) is 0.444. The van der Waals surface area contributed by atoms with E-state index in [1.165, 1.54) is 12.8 Å². The van der Waals surface area contributed by atoms with Crippen LogP contribution in [0.1, 0.15) is 68.3 Å². The molecule has 2 N–H and O–H groups in total. The lowest BCUT2D eigenvalue weighted by Crippen LogP contribution is -2.26. The Morgan fingerprint density at radius 1 is 1.09 bits per heavy atom. The van der Waals surface area contributed by atoms with E-state index in [1.807, 2.05) is 42.6 Å². The molecule has 4 heterocycles. The number of aromatic nitrogens is 4. The zero-order valence-corrected chi connectivity index (χ0v) is 19.8. The second-order valence-electron chi connectivity index (χ2n) is 9.73. The van der Waals surface area contributed by atoms with Gasteiger partial charge < -0.3 is 19.9 Å². The smallest absolute Gasteiger partial charge is 0.168 e. The summed E-state index contributed by atoms with van der Waals surface area (Å²) in [7, 11) is 0. The lowest BCUT2D eigenvalue weighted by atomic mass is 9.88. The van der Waals surface area contributed by atoms with Gasteiger partial charge in [-0.05, 0) is 63.1 Å². The largest absolute Gasteiger partial charge is 0.454 e. The second kappa shape index (κ2) is 9.43. The van der Waals surface area contributed by atoms with Crippen LogP contribution in [0.4, 0.5) is 11.5 Å². The van der Waals surface area contributed by atoms with Crippen molar-refractivity contribution in [2.75, 3.05) is 18.5 Å². The number of pyridine rings is 2. The van der Waals surface area contributed by atoms with Crippen LogP contribution in [0.15, 0.2) is 55.0 Å². The maximum absolute atomic E-state index is 11.0. The molecule has 0 spiro atoms. The normalized spacial score (nSPS) is 22.8. The maximum atomic E-state index is 11.0. The first-order valence-electron chi connectivity index (χ1n) is 12.6. The van der Waals surface area contributed by atoms with Crippen LogP contribution in [0.25, 0.3) is 0 Å². The van der Waals surface area contributed by atoms with Crippen LogP contribution in [0, 0.1) is 0 Å². The van der Waals surface area contributed by atoms with Gasteiger partial charge in [0.25, 0.3) is 0 Å². The molecular weight excluding hydrogens is 442 g/mol. The quantitative estimate of drug-likeness (QED) is 0.446. The van der Waals surface area contributed by atoms with E-state index >= 15 is 0 Å². The Balaban J connectivity index is 1.21. The second-order valence-corrected chi connectivity index (χ2v) is 9.73. The predicted octanol–water partition coefficient (Wildman–Crippen LogP) is 5.37. The highest BCUT2D eigenvalue weighted by Gasteiger charge is 2.30. The molecule has 8 nitrogen and oxygen atoms in total. The highest BCUT2D eigenvalue weighted by atomic mass is 16.5. The molecule has 6 rings (SSSR count). The molecule has 3 aromatic heterocycles. The minimum absolute atomic E-state index is 0.355. The SMILES string of the molecule is OC1(c2cc(Nc3cc(Oc4cn(C5CC5)nc4C4CCOCC4)ccn3)ccn2)C=CCCC1. The van der Waals surface area contributed by atoms with Crippen molar-refractivity contribution in [3.05, 3.63) is 66.4 Å². The van der Waals surface area contributed by atoms with Crippen molar-refractivity contribution in [1.29, 1.82) is 0 Å². The Morgan fingerprint density at radius 3 is 2.74 bits per heavy atom. The summed E-state index contributed by atoms with van der Waals surface area (Å²) in [5, 5.41) is 19.2. The van der Waals surface area contributed by atoms with Crippen LogP contribution >= 0.6 is 0 Å². The summed E-state index contributed by atoms with van der Waals surface area (Å²) in [6, 6.07) is 8.00. The molecule has 3 aromatic rings. The topological polar surface area (TPSA) is 94.3 Å². The third kappa shape index (κ3) is 4.94. The molecule has 1 aliphatic heterocycles. The van der Waals surface area contributed by atoms with Crippen LogP contribution in [0.5, 0.6) is 11.5 Å². The van der Waals surface area contributed by atoms with Crippen LogP contribution in [0.3, 0.4) is 0 Å². The summed E-state index contributed by atoms with van der Waals surface area (Å²) in [6.07, 6.45) is 16.3. The summed E-state index contributed by atoms with van der Waals surface area (Å²) < 4.78 is 14.0. The molecule has 1 atom stereocenters. The van der Waals surface area contributed by atoms with E-state index < -0.39 is 5.60 Å². The van der Waals surface area contributed by atoms with Gasteiger partial charge in [0, 0.05) is 43.3 Å². The maximum Gasteiger partial charge on any atom is 0.168 e. The van der Waals surface area contributed by atoms with Gasteiger partial charge in [-0.25, -0.2) is 4.98 Å². The fourth-order valence-electron chi connectivity index (χ4n) is 4.87. The Hall–Kier alpha value is -3.23. The zero-order chi connectivity index (χ0) is 23.7. The standard InChI is InChI=1S/C27H31N5O3/c33-27(10-2-1-3-11-27)24-16-20(6-12-28-24)30-25-17-22(7-13-29-25)35-23-18-32(21-4-5-21)31-26(23)19-8-14-34-15-9-19/h2,6-7,10,12-13,16-19,21,33H,1,3-5,8-9,11,14-15H2,(H,28,29,30). The Labute approximate surface area is 205 Å². The number of ether oxygens (including phenoxy) is 2. The first kappa shape index (κ1) is 22.2. The van der Waals surface area contributed by atoms with Crippen molar-refractivity contribution in [3.63, 3.8) is 0 Å². The van der Waals surface area contributed by atoms with E-state index in [-0.39, 0.29) is 0 Å². The fourth-order valence-corrected chi connectivity index (χ4v) is 4.87. The highest BCUT2D eigenvalue weighted by molar-refractivity contribution is 5.58. The molecule has 35 heavy (non-hydrogen) atoms. The summed E-state index contributed by atoms with van der Waals surface area (Å²) in [5.74, 6) is 2.54. The monoisotopic (exact) mass is 473 g/mol. The van der Waals surface area contributed by atoms with Gasteiger partial charge in [-0.1, -0.05) is 12.2 Å². The summed E-state index contributed by atoms with van der Waals surface area (Å²) in [5.41, 5.74) is 1.46. The molecule has 0 radical (unpaired) electrons. The molecule has 0 aromatic carbocycles. The van der Waals surface area contributed by atoms with E-state index in [1.54, 1.807) is 12.4 Å². The third-order valence-electron chi connectivity index (χ3n) is 7.01. The molecule has 0 amide bonds. The number of hydrogen-bond donors (Lipinski definition) is 2. The lowest BCUT2D eigenvalue weighted by Gasteiger charge is -2.27. The van der Waals surface area contributed by atoms with Crippen LogP contribution in [-0.4, -0.2) is 38.1 Å². The number of hydrogen-bond acceptors (Lipinski definition) is 7. The van der Waals surface area contributed by atoms with E-state index in [9.17, 15) is 5.11 Å². The summed E-state index contributed by atoms with van der Waals surface area (Å²) in [6.45, 7) is 1.53. The number of nitrogens with one attached hydrogen (secondary N) is 1. The number of anilines is 2. The Bertz CT molecular complexity index is 1220. The third-order valence-corrected chi connectivity index (χ3v) is 7.01. The number of rotatable bonds is 7. The van der Waals surface area contributed by atoms with Crippen LogP contribution in [0.2, 0.25) is 0 Å². The van der Waals surface area contributed by atoms with Crippen molar-refractivity contribution in [2.24, 2.45) is 0 Å². The van der Waals surface area contributed by atoms with Crippen LogP contribution < -0.4 is 10.1 Å². The van der Waals surface area contributed by atoms with Crippen molar-refractivity contribution >= 4 is 11.5 Å².